The van der Waals surface area contributed by atoms with Gasteiger partial charge in [-0.05, 0) is 30.9 Å². The van der Waals surface area contributed by atoms with E-state index in [-0.39, 0.29) is 0 Å². The first-order valence-corrected chi connectivity index (χ1v) is 5.99. The average Bonchev–Trinajstić information content (AvgIpc) is 2.70. The Morgan fingerprint density at radius 1 is 1.53 bits per heavy atom. The van der Waals surface area contributed by atoms with Crippen LogP contribution in [0.1, 0.15) is 44.8 Å². The van der Waals surface area contributed by atoms with Gasteiger partial charge in [0.05, 0.1) is 11.9 Å². The topological polar surface area (TPSA) is 33.4 Å². The molecule has 2 heteroatoms. The Morgan fingerprint density at radius 2 is 2.40 bits per heavy atom. The lowest BCUT2D eigenvalue weighted by molar-refractivity contribution is -0.0524. The van der Waals surface area contributed by atoms with Gasteiger partial charge in [-0.15, -0.1) is 0 Å². The Kier molecular flexibility index (Phi) is 3.15. The second kappa shape index (κ2) is 4.40. The molecule has 2 rings (SSSR count). The van der Waals surface area contributed by atoms with Gasteiger partial charge in [0.15, 0.2) is 0 Å². The zero-order valence-electron chi connectivity index (χ0n) is 9.41. The largest absolute Gasteiger partial charge is 0.469 e. The quantitative estimate of drug-likeness (QED) is 0.827. The maximum Gasteiger partial charge on any atom is 0.106 e. The monoisotopic (exact) mass is 208 g/mol. The molecule has 2 atom stereocenters. The molecule has 1 heterocycles. The molecule has 1 saturated carbocycles. The maximum atomic E-state index is 10.6. The van der Waals surface area contributed by atoms with Gasteiger partial charge in [-0.3, -0.25) is 0 Å². The lowest BCUT2D eigenvalue weighted by Crippen LogP contribution is -2.42. The van der Waals surface area contributed by atoms with Crippen molar-refractivity contribution in [2.45, 2.75) is 51.0 Å². The van der Waals surface area contributed by atoms with E-state index in [9.17, 15) is 5.11 Å². The Hall–Kier alpha value is -0.760. The lowest BCUT2D eigenvalue weighted by Gasteiger charge is -2.39. The molecule has 0 radical (unpaired) electrons. The minimum absolute atomic E-state index is 0.441. The third-order valence-electron chi connectivity index (χ3n) is 3.73. The molecule has 2 unspecified atom stereocenters. The molecular weight excluding hydrogens is 188 g/mol. The zero-order chi connectivity index (χ0) is 10.7. The van der Waals surface area contributed by atoms with Crippen molar-refractivity contribution in [2.75, 3.05) is 0 Å². The fourth-order valence-corrected chi connectivity index (χ4v) is 2.83. The highest BCUT2D eigenvalue weighted by molar-refractivity contribution is 5.05. The summed E-state index contributed by atoms with van der Waals surface area (Å²) < 4.78 is 5.33. The van der Waals surface area contributed by atoms with Crippen LogP contribution >= 0.6 is 0 Å². The predicted molar refractivity (Wildman–Crippen MR) is 59.6 cm³/mol. The summed E-state index contributed by atoms with van der Waals surface area (Å²) >= 11 is 0. The summed E-state index contributed by atoms with van der Waals surface area (Å²) in [5.74, 6) is 1.36. The molecule has 1 aliphatic rings. The van der Waals surface area contributed by atoms with E-state index in [4.69, 9.17) is 4.42 Å². The average molecular weight is 208 g/mol. The van der Waals surface area contributed by atoms with Crippen LogP contribution < -0.4 is 0 Å². The summed E-state index contributed by atoms with van der Waals surface area (Å²) in [5.41, 5.74) is -0.523. The first-order valence-electron chi connectivity index (χ1n) is 5.99. The molecular formula is C13H20O2. The summed E-state index contributed by atoms with van der Waals surface area (Å²) in [6.07, 6.45) is 7.92. The molecule has 1 aromatic heterocycles. The van der Waals surface area contributed by atoms with E-state index in [1.54, 1.807) is 6.26 Å². The molecule has 1 fully saturated rings. The van der Waals surface area contributed by atoms with Crippen molar-refractivity contribution in [2.24, 2.45) is 5.92 Å². The van der Waals surface area contributed by atoms with Crippen molar-refractivity contribution < 1.29 is 9.52 Å². The van der Waals surface area contributed by atoms with E-state index in [0.29, 0.717) is 12.3 Å². The zero-order valence-corrected chi connectivity index (χ0v) is 9.41. The van der Waals surface area contributed by atoms with E-state index in [0.717, 1.165) is 31.4 Å². The summed E-state index contributed by atoms with van der Waals surface area (Å²) in [6.45, 7) is 2.17. The van der Waals surface area contributed by atoms with Crippen LogP contribution in [0.25, 0.3) is 0 Å². The van der Waals surface area contributed by atoms with Gasteiger partial charge in [-0.2, -0.15) is 0 Å². The van der Waals surface area contributed by atoms with Crippen LogP contribution in [0.3, 0.4) is 0 Å². The Balaban J connectivity index is 2.09. The molecule has 84 valence electrons. The van der Waals surface area contributed by atoms with Crippen LogP contribution in [0, 0.1) is 5.92 Å². The van der Waals surface area contributed by atoms with Gasteiger partial charge in [-0.25, -0.2) is 0 Å². The maximum absolute atomic E-state index is 10.6. The van der Waals surface area contributed by atoms with Crippen molar-refractivity contribution in [3.63, 3.8) is 0 Å². The standard InChI is InChI=1S/C13H20O2/c1-2-11-6-3-4-8-13(11,14)10-12-7-5-9-15-12/h5,7,9,11,14H,2-4,6,8,10H2,1H3. The van der Waals surface area contributed by atoms with E-state index < -0.39 is 5.60 Å². The fraction of sp³-hybridized carbons (Fsp3) is 0.692. The van der Waals surface area contributed by atoms with E-state index in [1.165, 1.54) is 6.42 Å². The van der Waals surface area contributed by atoms with Gasteiger partial charge in [0.25, 0.3) is 0 Å². The highest BCUT2D eigenvalue weighted by atomic mass is 16.3. The first-order chi connectivity index (χ1) is 7.24. The van der Waals surface area contributed by atoms with Crippen LogP contribution in [-0.4, -0.2) is 10.7 Å². The molecule has 15 heavy (non-hydrogen) atoms. The minimum Gasteiger partial charge on any atom is -0.469 e. The van der Waals surface area contributed by atoms with E-state index >= 15 is 0 Å². The summed E-state index contributed by atoms with van der Waals surface area (Å²) in [4.78, 5) is 0. The number of hydrogen-bond donors (Lipinski definition) is 1. The number of rotatable bonds is 3. The second-order valence-corrected chi connectivity index (χ2v) is 4.71. The van der Waals surface area contributed by atoms with E-state index in [1.807, 2.05) is 12.1 Å². The molecule has 0 saturated heterocycles. The molecule has 1 N–H and O–H groups in total. The summed E-state index contributed by atoms with van der Waals surface area (Å²) in [7, 11) is 0. The Labute approximate surface area is 91.3 Å². The predicted octanol–water partition coefficient (Wildman–Crippen LogP) is 3.15. The van der Waals surface area contributed by atoms with Gasteiger partial charge in [0, 0.05) is 6.42 Å². The lowest BCUT2D eigenvalue weighted by atomic mass is 9.72. The Bertz CT molecular complexity index is 291. The number of hydrogen-bond acceptors (Lipinski definition) is 2. The molecule has 0 aliphatic heterocycles. The molecule has 1 aliphatic carbocycles. The highest BCUT2D eigenvalue weighted by Gasteiger charge is 2.38. The van der Waals surface area contributed by atoms with Gasteiger partial charge in [-0.1, -0.05) is 26.2 Å². The molecule has 0 amide bonds. The van der Waals surface area contributed by atoms with Crippen LogP contribution in [-0.2, 0) is 6.42 Å². The van der Waals surface area contributed by atoms with Gasteiger partial charge < -0.3 is 9.52 Å². The molecule has 1 aromatic rings. The van der Waals surface area contributed by atoms with Crippen molar-refractivity contribution in [1.82, 2.24) is 0 Å². The normalized spacial score (nSPS) is 31.7. The van der Waals surface area contributed by atoms with Crippen LogP contribution in [0.5, 0.6) is 0 Å². The van der Waals surface area contributed by atoms with Crippen LogP contribution in [0.15, 0.2) is 22.8 Å². The second-order valence-electron chi connectivity index (χ2n) is 4.71. The molecule has 0 aromatic carbocycles. The molecule has 0 spiro atoms. The number of furan rings is 1. The smallest absolute Gasteiger partial charge is 0.106 e. The van der Waals surface area contributed by atoms with Crippen molar-refractivity contribution in [3.05, 3.63) is 24.2 Å². The van der Waals surface area contributed by atoms with Gasteiger partial charge in [0.2, 0.25) is 0 Å². The van der Waals surface area contributed by atoms with Crippen LogP contribution in [0.4, 0.5) is 0 Å². The van der Waals surface area contributed by atoms with Gasteiger partial charge in [0.1, 0.15) is 5.76 Å². The molecule has 2 nitrogen and oxygen atoms in total. The summed E-state index contributed by atoms with van der Waals surface area (Å²) in [5, 5.41) is 10.6. The third-order valence-corrected chi connectivity index (χ3v) is 3.73. The van der Waals surface area contributed by atoms with Crippen molar-refractivity contribution in [1.29, 1.82) is 0 Å². The first kappa shape index (κ1) is 10.7. The molecule has 0 bridgehead atoms. The fourth-order valence-electron chi connectivity index (χ4n) is 2.83. The summed E-state index contributed by atoms with van der Waals surface area (Å²) in [6, 6.07) is 3.85. The SMILES string of the molecule is CCC1CCCCC1(O)Cc1ccco1. The van der Waals surface area contributed by atoms with E-state index in [2.05, 4.69) is 6.92 Å². The van der Waals surface area contributed by atoms with Gasteiger partial charge >= 0.3 is 0 Å². The third kappa shape index (κ3) is 2.25. The van der Waals surface area contributed by atoms with Crippen LogP contribution in [0.2, 0.25) is 0 Å². The Morgan fingerprint density at radius 3 is 3.07 bits per heavy atom. The van der Waals surface area contributed by atoms with Crippen molar-refractivity contribution in [3.8, 4) is 0 Å². The highest BCUT2D eigenvalue weighted by Crippen LogP contribution is 2.38. The minimum atomic E-state index is -0.523. The number of aliphatic hydroxyl groups is 1. The van der Waals surface area contributed by atoms with Crippen molar-refractivity contribution >= 4 is 0 Å².